The van der Waals surface area contributed by atoms with Gasteiger partial charge in [0.2, 0.25) is 17.7 Å². The third-order valence-corrected chi connectivity index (χ3v) is 4.59. The fourth-order valence-corrected chi connectivity index (χ4v) is 2.95. The first-order chi connectivity index (χ1) is 11.0. The molecule has 2 fully saturated rings. The standard InChI is InChI=1S/C17H29N3O3/c1-11(2)15(20-16(22)12-6-4-3-5-7-12)17(23)18-10-14(21)19-13-8-9-13/h11-13,15H,3-10H2,1-2H3,(H,18,23)(H,19,21)(H,20,22). The smallest absolute Gasteiger partial charge is 0.243 e. The minimum absolute atomic E-state index is 0.0194. The van der Waals surface area contributed by atoms with E-state index in [0.717, 1.165) is 38.5 Å². The Hall–Kier alpha value is -1.59. The van der Waals surface area contributed by atoms with Crippen molar-refractivity contribution in [1.29, 1.82) is 0 Å². The minimum atomic E-state index is -0.585. The van der Waals surface area contributed by atoms with Gasteiger partial charge < -0.3 is 16.0 Å². The van der Waals surface area contributed by atoms with Crippen LogP contribution in [0.4, 0.5) is 0 Å². The molecule has 0 heterocycles. The maximum atomic E-state index is 12.3. The summed E-state index contributed by atoms with van der Waals surface area (Å²) in [5.41, 5.74) is 0. The van der Waals surface area contributed by atoms with E-state index in [1.807, 2.05) is 13.8 Å². The van der Waals surface area contributed by atoms with Gasteiger partial charge in [-0.2, -0.15) is 0 Å². The Labute approximate surface area is 138 Å². The molecule has 0 aliphatic heterocycles. The zero-order valence-corrected chi connectivity index (χ0v) is 14.2. The predicted octanol–water partition coefficient (Wildman–Crippen LogP) is 1.10. The van der Waals surface area contributed by atoms with Gasteiger partial charge in [-0.05, 0) is 31.6 Å². The van der Waals surface area contributed by atoms with Crippen LogP contribution in [-0.2, 0) is 14.4 Å². The first-order valence-electron chi connectivity index (χ1n) is 8.85. The second-order valence-corrected chi connectivity index (χ2v) is 7.12. The molecule has 0 aromatic rings. The van der Waals surface area contributed by atoms with Crippen LogP contribution < -0.4 is 16.0 Å². The Kier molecular flexibility index (Phi) is 6.42. The van der Waals surface area contributed by atoms with Crippen LogP contribution >= 0.6 is 0 Å². The molecule has 0 bridgehead atoms. The lowest BCUT2D eigenvalue weighted by Crippen LogP contribution is -2.52. The molecule has 23 heavy (non-hydrogen) atoms. The van der Waals surface area contributed by atoms with Gasteiger partial charge in [-0.25, -0.2) is 0 Å². The van der Waals surface area contributed by atoms with Crippen LogP contribution in [-0.4, -0.2) is 36.3 Å². The molecule has 6 nitrogen and oxygen atoms in total. The average molecular weight is 323 g/mol. The molecular weight excluding hydrogens is 294 g/mol. The van der Waals surface area contributed by atoms with Gasteiger partial charge in [0.25, 0.3) is 0 Å². The van der Waals surface area contributed by atoms with Crippen molar-refractivity contribution in [2.24, 2.45) is 11.8 Å². The van der Waals surface area contributed by atoms with Gasteiger partial charge in [0.15, 0.2) is 0 Å². The molecule has 1 atom stereocenters. The number of carbonyl (C=O) groups is 3. The number of nitrogens with one attached hydrogen (secondary N) is 3. The van der Waals surface area contributed by atoms with E-state index in [1.54, 1.807) is 0 Å². The summed E-state index contributed by atoms with van der Waals surface area (Å²) >= 11 is 0. The van der Waals surface area contributed by atoms with Gasteiger partial charge in [-0.3, -0.25) is 14.4 Å². The van der Waals surface area contributed by atoms with E-state index >= 15 is 0 Å². The van der Waals surface area contributed by atoms with Crippen molar-refractivity contribution in [3.63, 3.8) is 0 Å². The topological polar surface area (TPSA) is 87.3 Å². The van der Waals surface area contributed by atoms with Crippen molar-refractivity contribution in [3.8, 4) is 0 Å². The van der Waals surface area contributed by atoms with E-state index in [9.17, 15) is 14.4 Å². The Morgan fingerprint density at radius 3 is 2.22 bits per heavy atom. The fraction of sp³-hybridized carbons (Fsp3) is 0.824. The Morgan fingerprint density at radius 2 is 1.65 bits per heavy atom. The number of carbonyl (C=O) groups excluding carboxylic acids is 3. The van der Waals surface area contributed by atoms with Gasteiger partial charge >= 0.3 is 0 Å². The second kappa shape index (κ2) is 8.31. The Bertz CT molecular complexity index is 440. The summed E-state index contributed by atoms with van der Waals surface area (Å²) in [7, 11) is 0. The molecular formula is C17H29N3O3. The molecule has 0 aromatic heterocycles. The van der Waals surface area contributed by atoms with Crippen molar-refractivity contribution < 1.29 is 14.4 Å². The van der Waals surface area contributed by atoms with E-state index in [-0.39, 0.29) is 42.1 Å². The molecule has 3 amide bonds. The van der Waals surface area contributed by atoms with Crippen molar-refractivity contribution >= 4 is 17.7 Å². The summed E-state index contributed by atoms with van der Waals surface area (Å²) in [5.74, 6) is -0.469. The molecule has 0 saturated heterocycles. The molecule has 0 spiro atoms. The zero-order chi connectivity index (χ0) is 16.8. The SMILES string of the molecule is CC(C)C(NC(=O)C1CCCCC1)C(=O)NCC(=O)NC1CC1. The molecule has 130 valence electrons. The van der Waals surface area contributed by atoms with E-state index < -0.39 is 6.04 Å². The van der Waals surface area contributed by atoms with Crippen molar-refractivity contribution in [1.82, 2.24) is 16.0 Å². The summed E-state index contributed by atoms with van der Waals surface area (Å²) in [4.78, 5) is 36.3. The average Bonchev–Trinajstić information content (AvgIpc) is 3.34. The fourth-order valence-electron chi connectivity index (χ4n) is 2.95. The zero-order valence-electron chi connectivity index (χ0n) is 14.2. The van der Waals surface area contributed by atoms with Crippen LogP contribution in [0.3, 0.4) is 0 Å². The van der Waals surface area contributed by atoms with Crippen molar-refractivity contribution in [2.45, 2.75) is 70.9 Å². The number of amides is 3. The first-order valence-corrected chi connectivity index (χ1v) is 8.85. The molecule has 3 N–H and O–H groups in total. The third-order valence-electron chi connectivity index (χ3n) is 4.59. The van der Waals surface area contributed by atoms with E-state index in [2.05, 4.69) is 16.0 Å². The molecule has 0 aromatic carbocycles. The summed E-state index contributed by atoms with van der Waals surface area (Å²) in [6.45, 7) is 3.77. The quantitative estimate of drug-likeness (QED) is 0.656. The third kappa shape index (κ3) is 5.84. The van der Waals surface area contributed by atoms with Gasteiger partial charge in [0.05, 0.1) is 6.54 Å². The lowest BCUT2D eigenvalue weighted by molar-refractivity contribution is -0.133. The molecule has 2 saturated carbocycles. The normalized spacial score (nSPS) is 20.0. The highest BCUT2D eigenvalue weighted by molar-refractivity contribution is 5.91. The summed E-state index contributed by atoms with van der Waals surface area (Å²) in [5, 5.41) is 8.35. The first kappa shape index (κ1) is 17.8. The monoisotopic (exact) mass is 323 g/mol. The number of hydrogen-bond acceptors (Lipinski definition) is 3. The van der Waals surface area contributed by atoms with Gasteiger partial charge in [0.1, 0.15) is 6.04 Å². The van der Waals surface area contributed by atoms with Crippen LogP contribution in [0, 0.1) is 11.8 Å². The minimum Gasteiger partial charge on any atom is -0.352 e. The van der Waals surface area contributed by atoms with Crippen LogP contribution in [0.25, 0.3) is 0 Å². The largest absolute Gasteiger partial charge is 0.352 e. The van der Waals surface area contributed by atoms with Crippen LogP contribution in [0.15, 0.2) is 0 Å². The van der Waals surface area contributed by atoms with Gasteiger partial charge in [-0.15, -0.1) is 0 Å². The lowest BCUT2D eigenvalue weighted by Gasteiger charge is -2.26. The summed E-state index contributed by atoms with van der Waals surface area (Å²) in [6, 6.07) is -0.301. The van der Waals surface area contributed by atoms with Crippen LogP contribution in [0.1, 0.15) is 58.8 Å². The predicted molar refractivity (Wildman–Crippen MR) is 87.5 cm³/mol. The molecule has 6 heteroatoms. The van der Waals surface area contributed by atoms with Crippen molar-refractivity contribution in [2.75, 3.05) is 6.54 Å². The van der Waals surface area contributed by atoms with Crippen molar-refractivity contribution in [3.05, 3.63) is 0 Å². The lowest BCUT2D eigenvalue weighted by atomic mass is 9.88. The second-order valence-electron chi connectivity index (χ2n) is 7.12. The van der Waals surface area contributed by atoms with E-state index in [0.29, 0.717) is 0 Å². The summed E-state index contributed by atoms with van der Waals surface area (Å²) < 4.78 is 0. The van der Waals surface area contributed by atoms with Gasteiger partial charge in [-0.1, -0.05) is 33.1 Å². The molecule has 0 radical (unpaired) electrons. The summed E-state index contributed by atoms with van der Waals surface area (Å²) in [6.07, 6.45) is 7.20. The molecule has 2 rings (SSSR count). The highest BCUT2D eigenvalue weighted by Gasteiger charge is 2.29. The van der Waals surface area contributed by atoms with Gasteiger partial charge in [0, 0.05) is 12.0 Å². The number of rotatable bonds is 7. The molecule has 1 unspecified atom stereocenters. The van der Waals surface area contributed by atoms with E-state index in [1.165, 1.54) is 6.42 Å². The molecule has 2 aliphatic rings. The highest BCUT2D eigenvalue weighted by Crippen LogP contribution is 2.24. The number of hydrogen-bond donors (Lipinski definition) is 3. The Balaban J connectivity index is 1.79. The van der Waals surface area contributed by atoms with Crippen LogP contribution in [0.5, 0.6) is 0 Å². The van der Waals surface area contributed by atoms with E-state index in [4.69, 9.17) is 0 Å². The maximum absolute atomic E-state index is 12.3. The Morgan fingerprint density at radius 1 is 1.00 bits per heavy atom. The highest BCUT2D eigenvalue weighted by atomic mass is 16.2. The molecule has 2 aliphatic carbocycles. The maximum Gasteiger partial charge on any atom is 0.243 e. The van der Waals surface area contributed by atoms with Crippen LogP contribution in [0.2, 0.25) is 0 Å².